The molecule has 1 aliphatic rings. The van der Waals surface area contributed by atoms with Gasteiger partial charge < -0.3 is 4.74 Å². The first-order valence-corrected chi connectivity index (χ1v) is 5.60. The maximum absolute atomic E-state index is 11.6. The van der Waals surface area contributed by atoms with E-state index in [9.17, 15) is 4.79 Å². The molecular weight excluding hydrogens is 200 g/mol. The zero-order valence-corrected chi connectivity index (χ0v) is 9.48. The Morgan fingerprint density at radius 3 is 2.69 bits per heavy atom. The molecule has 0 amide bonds. The van der Waals surface area contributed by atoms with Gasteiger partial charge >= 0.3 is 0 Å². The van der Waals surface area contributed by atoms with Crippen molar-refractivity contribution in [2.45, 2.75) is 20.0 Å². The summed E-state index contributed by atoms with van der Waals surface area (Å²) in [5, 5.41) is 0. The third-order valence-corrected chi connectivity index (χ3v) is 2.90. The minimum absolute atomic E-state index is 0.0451. The maximum atomic E-state index is 11.6. The van der Waals surface area contributed by atoms with Crippen molar-refractivity contribution in [1.29, 1.82) is 0 Å². The van der Waals surface area contributed by atoms with Crippen molar-refractivity contribution in [3.05, 3.63) is 47.5 Å². The summed E-state index contributed by atoms with van der Waals surface area (Å²) in [4.78, 5) is 11.6. The molecule has 0 saturated heterocycles. The Morgan fingerprint density at radius 2 is 2.06 bits per heavy atom. The molecule has 1 aliphatic carbocycles. The molecule has 0 heterocycles. The van der Waals surface area contributed by atoms with Crippen molar-refractivity contribution < 1.29 is 9.53 Å². The van der Waals surface area contributed by atoms with Crippen LogP contribution >= 0.6 is 0 Å². The highest BCUT2D eigenvalue weighted by Gasteiger charge is 2.24. The zero-order chi connectivity index (χ0) is 11.4. The normalized spacial score (nSPS) is 19.9. The van der Waals surface area contributed by atoms with Crippen LogP contribution in [-0.2, 0) is 16.1 Å². The number of allylic oxidation sites excluding steroid dienone is 2. The largest absolute Gasteiger partial charge is 0.376 e. The number of hydrogen-bond acceptors (Lipinski definition) is 2. The third kappa shape index (κ3) is 2.58. The number of ether oxygens (including phenoxy) is 1. The van der Waals surface area contributed by atoms with E-state index in [1.54, 1.807) is 0 Å². The predicted octanol–water partition coefficient (Wildman–Crippen LogP) is 2.74. The molecule has 0 radical (unpaired) electrons. The molecule has 16 heavy (non-hydrogen) atoms. The van der Waals surface area contributed by atoms with E-state index in [0.717, 1.165) is 17.6 Å². The van der Waals surface area contributed by atoms with Crippen LogP contribution < -0.4 is 0 Å². The minimum atomic E-state index is 0.0451. The number of rotatable bonds is 4. The third-order valence-electron chi connectivity index (χ3n) is 2.90. The molecule has 0 saturated carbocycles. The van der Waals surface area contributed by atoms with Gasteiger partial charge in [0.2, 0.25) is 0 Å². The molecule has 2 nitrogen and oxygen atoms in total. The standard InChI is InChI=1S/C14H16O2/c1-11-7-8-13(14(11)15)10-16-9-12-5-3-2-4-6-12/h2-7,13H,8-10H2,1H3/t13-/m0/s1. The summed E-state index contributed by atoms with van der Waals surface area (Å²) >= 11 is 0. The van der Waals surface area contributed by atoms with Crippen LogP contribution in [-0.4, -0.2) is 12.4 Å². The van der Waals surface area contributed by atoms with Gasteiger partial charge in [0, 0.05) is 5.92 Å². The fourth-order valence-corrected chi connectivity index (χ4v) is 1.89. The molecule has 0 N–H and O–H groups in total. The van der Waals surface area contributed by atoms with Crippen molar-refractivity contribution in [2.75, 3.05) is 6.61 Å². The van der Waals surface area contributed by atoms with Crippen molar-refractivity contribution in [3.63, 3.8) is 0 Å². The van der Waals surface area contributed by atoms with Crippen molar-refractivity contribution in [3.8, 4) is 0 Å². The van der Waals surface area contributed by atoms with E-state index in [1.807, 2.05) is 43.3 Å². The van der Waals surface area contributed by atoms with Crippen LogP contribution in [0.5, 0.6) is 0 Å². The van der Waals surface area contributed by atoms with Gasteiger partial charge in [0.25, 0.3) is 0 Å². The van der Waals surface area contributed by atoms with E-state index >= 15 is 0 Å². The van der Waals surface area contributed by atoms with Gasteiger partial charge in [-0.2, -0.15) is 0 Å². The number of carbonyl (C=O) groups excluding carboxylic acids is 1. The second-order valence-electron chi connectivity index (χ2n) is 4.18. The summed E-state index contributed by atoms with van der Waals surface area (Å²) in [6.07, 6.45) is 2.83. The molecule has 0 unspecified atom stereocenters. The minimum Gasteiger partial charge on any atom is -0.376 e. The van der Waals surface area contributed by atoms with Gasteiger partial charge in [-0.25, -0.2) is 0 Å². The number of benzene rings is 1. The summed E-state index contributed by atoms with van der Waals surface area (Å²) in [7, 11) is 0. The Labute approximate surface area is 95.9 Å². The van der Waals surface area contributed by atoms with Gasteiger partial charge in [0.15, 0.2) is 5.78 Å². The van der Waals surface area contributed by atoms with Crippen LogP contribution in [0.3, 0.4) is 0 Å². The van der Waals surface area contributed by atoms with E-state index in [0.29, 0.717) is 13.2 Å². The van der Waals surface area contributed by atoms with E-state index in [-0.39, 0.29) is 11.7 Å². The van der Waals surface area contributed by atoms with Crippen LogP contribution in [0, 0.1) is 5.92 Å². The monoisotopic (exact) mass is 216 g/mol. The first kappa shape index (κ1) is 11.1. The lowest BCUT2D eigenvalue weighted by atomic mass is 10.1. The maximum Gasteiger partial charge on any atom is 0.163 e. The van der Waals surface area contributed by atoms with Crippen molar-refractivity contribution >= 4 is 5.78 Å². The molecule has 84 valence electrons. The number of Topliss-reactive ketones (excluding diaryl/α,β-unsaturated/α-hetero) is 1. The molecule has 0 fully saturated rings. The van der Waals surface area contributed by atoms with E-state index in [2.05, 4.69) is 0 Å². The van der Waals surface area contributed by atoms with Crippen LogP contribution in [0.25, 0.3) is 0 Å². The molecule has 1 atom stereocenters. The summed E-state index contributed by atoms with van der Waals surface area (Å²) in [5.74, 6) is 0.289. The number of ketones is 1. The summed E-state index contributed by atoms with van der Waals surface area (Å²) in [6.45, 7) is 2.99. The van der Waals surface area contributed by atoms with Gasteiger partial charge in [-0.3, -0.25) is 4.79 Å². The average molecular weight is 216 g/mol. The van der Waals surface area contributed by atoms with Crippen LogP contribution in [0.15, 0.2) is 42.0 Å². The topological polar surface area (TPSA) is 26.3 Å². The average Bonchev–Trinajstić information content (AvgIpc) is 2.62. The van der Waals surface area contributed by atoms with E-state index in [1.165, 1.54) is 0 Å². The summed E-state index contributed by atoms with van der Waals surface area (Å²) in [5.41, 5.74) is 2.03. The van der Waals surface area contributed by atoms with Gasteiger partial charge in [-0.05, 0) is 24.5 Å². The molecule has 0 bridgehead atoms. The summed E-state index contributed by atoms with van der Waals surface area (Å²) < 4.78 is 5.57. The Kier molecular flexibility index (Phi) is 3.52. The number of carbonyl (C=O) groups is 1. The number of hydrogen-bond donors (Lipinski definition) is 0. The van der Waals surface area contributed by atoms with E-state index in [4.69, 9.17) is 4.74 Å². The molecule has 0 aromatic heterocycles. The molecule has 0 aliphatic heterocycles. The molecular formula is C14H16O2. The smallest absolute Gasteiger partial charge is 0.163 e. The predicted molar refractivity (Wildman–Crippen MR) is 63.0 cm³/mol. The van der Waals surface area contributed by atoms with Crippen molar-refractivity contribution in [1.82, 2.24) is 0 Å². The second kappa shape index (κ2) is 5.08. The summed E-state index contributed by atoms with van der Waals surface area (Å²) in [6, 6.07) is 10.0. The zero-order valence-electron chi connectivity index (χ0n) is 9.48. The van der Waals surface area contributed by atoms with E-state index < -0.39 is 0 Å². The SMILES string of the molecule is CC1=CC[C@@H](COCc2ccccc2)C1=O. The molecule has 1 aromatic carbocycles. The highest BCUT2D eigenvalue weighted by molar-refractivity contribution is 5.98. The molecule has 2 heteroatoms. The Hall–Kier alpha value is -1.41. The lowest BCUT2D eigenvalue weighted by Gasteiger charge is -2.09. The van der Waals surface area contributed by atoms with Gasteiger partial charge in [0.05, 0.1) is 13.2 Å². The Bertz CT molecular complexity index is 392. The van der Waals surface area contributed by atoms with Gasteiger partial charge in [-0.1, -0.05) is 36.4 Å². The van der Waals surface area contributed by atoms with Crippen LogP contribution in [0.1, 0.15) is 18.9 Å². The lowest BCUT2D eigenvalue weighted by molar-refractivity contribution is -0.120. The Morgan fingerprint density at radius 1 is 1.31 bits per heavy atom. The molecule has 2 rings (SSSR count). The first-order valence-electron chi connectivity index (χ1n) is 5.60. The fourth-order valence-electron chi connectivity index (χ4n) is 1.89. The lowest BCUT2D eigenvalue weighted by Crippen LogP contribution is -2.16. The first-order chi connectivity index (χ1) is 7.77. The van der Waals surface area contributed by atoms with Gasteiger partial charge in [0.1, 0.15) is 0 Å². The van der Waals surface area contributed by atoms with Gasteiger partial charge in [-0.15, -0.1) is 0 Å². The fraction of sp³-hybridized carbons (Fsp3) is 0.357. The van der Waals surface area contributed by atoms with Crippen molar-refractivity contribution in [2.24, 2.45) is 5.92 Å². The van der Waals surface area contributed by atoms with Crippen LogP contribution in [0.4, 0.5) is 0 Å². The Balaban J connectivity index is 1.76. The molecule has 1 aromatic rings. The second-order valence-corrected chi connectivity index (χ2v) is 4.18. The molecule has 0 spiro atoms. The quantitative estimate of drug-likeness (QED) is 0.773. The van der Waals surface area contributed by atoms with Crippen LogP contribution in [0.2, 0.25) is 0 Å². The highest BCUT2D eigenvalue weighted by Crippen LogP contribution is 2.21. The highest BCUT2D eigenvalue weighted by atomic mass is 16.5.